The van der Waals surface area contributed by atoms with Crippen LogP contribution in [-0.2, 0) is 5.66 Å². The highest BCUT2D eigenvalue weighted by Crippen LogP contribution is 2.29. The molecular weight excluding hydrogens is 228 g/mol. The van der Waals surface area contributed by atoms with Gasteiger partial charge in [-0.15, -0.1) is 0 Å². The molecule has 6 nitrogen and oxygen atoms in total. The van der Waals surface area contributed by atoms with Crippen molar-refractivity contribution in [2.24, 2.45) is 0 Å². The molecule has 0 N–H and O–H groups in total. The van der Waals surface area contributed by atoms with E-state index in [1.807, 2.05) is 0 Å². The predicted octanol–water partition coefficient (Wildman–Crippen LogP) is 1.18. The smallest absolute Gasteiger partial charge is 0.179 e. The third-order valence-corrected chi connectivity index (χ3v) is 3.15. The van der Waals surface area contributed by atoms with Crippen molar-refractivity contribution >= 4 is 0 Å². The number of allylic oxidation sites excluding steroid dienone is 4. The summed E-state index contributed by atoms with van der Waals surface area (Å²) in [4.78, 5) is 8.03. The number of hydrogen-bond acceptors (Lipinski definition) is 4. The SMILES string of the molecule is [CH2]CC1=CCC(n2cncn2)(n2cncn2)C=C1. The summed E-state index contributed by atoms with van der Waals surface area (Å²) in [6.45, 7) is 3.89. The molecule has 1 aliphatic rings. The Morgan fingerprint density at radius 3 is 2.22 bits per heavy atom. The minimum atomic E-state index is -0.494. The molecule has 0 amide bonds. The van der Waals surface area contributed by atoms with Crippen molar-refractivity contribution in [2.75, 3.05) is 0 Å². The highest BCUT2D eigenvalue weighted by molar-refractivity contribution is 5.28. The Balaban J connectivity index is 2.08. The molecule has 91 valence electrons. The van der Waals surface area contributed by atoms with Crippen LogP contribution in [0, 0.1) is 6.92 Å². The first-order valence-electron chi connectivity index (χ1n) is 5.73. The molecule has 3 rings (SSSR count). The largest absolute Gasteiger partial charge is 0.223 e. The molecule has 6 heteroatoms. The standard InChI is InChI=1S/C12H13N6/c1-2-11-3-5-12(6-4-11,17-9-13-7-15-17)18-10-14-8-16-18/h3-5,7-10H,1-2,6H2. The van der Waals surface area contributed by atoms with Crippen LogP contribution in [0.1, 0.15) is 12.8 Å². The van der Waals surface area contributed by atoms with Crippen LogP contribution in [0.3, 0.4) is 0 Å². The van der Waals surface area contributed by atoms with Crippen molar-refractivity contribution in [3.8, 4) is 0 Å². The van der Waals surface area contributed by atoms with Crippen LogP contribution in [-0.4, -0.2) is 29.5 Å². The summed E-state index contributed by atoms with van der Waals surface area (Å²) in [5.41, 5.74) is 0.719. The maximum absolute atomic E-state index is 4.24. The van der Waals surface area contributed by atoms with Gasteiger partial charge in [-0.3, -0.25) is 0 Å². The molecule has 2 aromatic rings. The summed E-state index contributed by atoms with van der Waals surface area (Å²) in [7, 11) is 0. The Bertz CT molecular complexity index is 529. The molecular formula is C12H13N6. The molecule has 1 aliphatic carbocycles. The minimum absolute atomic E-state index is 0.494. The summed E-state index contributed by atoms with van der Waals surface area (Å²) >= 11 is 0. The second kappa shape index (κ2) is 4.21. The van der Waals surface area contributed by atoms with Gasteiger partial charge in [0.1, 0.15) is 25.3 Å². The van der Waals surface area contributed by atoms with Gasteiger partial charge in [0.25, 0.3) is 0 Å². The third kappa shape index (κ3) is 1.57. The summed E-state index contributed by atoms with van der Waals surface area (Å²) < 4.78 is 3.57. The Kier molecular flexibility index (Phi) is 2.55. The predicted molar refractivity (Wildman–Crippen MR) is 65.2 cm³/mol. The van der Waals surface area contributed by atoms with Crippen LogP contribution in [0.15, 0.2) is 49.1 Å². The summed E-state index contributed by atoms with van der Waals surface area (Å²) in [5.74, 6) is 0. The first kappa shape index (κ1) is 10.9. The van der Waals surface area contributed by atoms with E-state index >= 15 is 0 Å². The van der Waals surface area contributed by atoms with Gasteiger partial charge in [0.05, 0.1) is 0 Å². The molecule has 0 spiro atoms. The number of nitrogens with zero attached hydrogens (tertiary/aromatic N) is 6. The first-order chi connectivity index (χ1) is 8.85. The lowest BCUT2D eigenvalue weighted by molar-refractivity contribution is 0.247. The average Bonchev–Trinajstić information content (AvgIpc) is 3.12. The number of aromatic nitrogens is 6. The number of rotatable bonds is 3. The molecule has 0 aliphatic heterocycles. The van der Waals surface area contributed by atoms with E-state index in [-0.39, 0.29) is 0 Å². The van der Waals surface area contributed by atoms with Crippen LogP contribution >= 0.6 is 0 Å². The molecule has 2 aromatic heterocycles. The van der Waals surface area contributed by atoms with E-state index in [9.17, 15) is 0 Å². The van der Waals surface area contributed by atoms with Crippen molar-refractivity contribution < 1.29 is 0 Å². The van der Waals surface area contributed by atoms with Crippen molar-refractivity contribution in [3.63, 3.8) is 0 Å². The monoisotopic (exact) mass is 241 g/mol. The molecule has 0 saturated carbocycles. The lowest BCUT2D eigenvalue weighted by atomic mass is 9.96. The Labute approximate surface area is 105 Å². The maximum Gasteiger partial charge on any atom is 0.179 e. The van der Waals surface area contributed by atoms with Crippen LogP contribution in [0.2, 0.25) is 0 Å². The van der Waals surface area contributed by atoms with Crippen molar-refractivity contribution in [1.29, 1.82) is 0 Å². The molecule has 0 aromatic carbocycles. The Morgan fingerprint density at radius 2 is 1.83 bits per heavy atom. The minimum Gasteiger partial charge on any atom is -0.223 e. The van der Waals surface area contributed by atoms with Gasteiger partial charge in [-0.05, 0) is 19.4 Å². The van der Waals surface area contributed by atoms with E-state index in [2.05, 4.69) is 45.3 Å². The lowest BCUT2D eigenvalue weighted by Crippen LogP contribution is -2.41. The van der Waals surface area contributed by atoms with E-state index in [4.69, 9.17) is 0 Å². The van der Waals surface area contributed by atoms with Crippen LogP contribution in [0.5, 0.6) is 0 Å². The molecule has 2 heterocycles. The van der Waals surface area contributed by atoms with Crippen molar-refractivity contribution in [2.45, 2.75) is 18.5 Å². The van der Waals surface area contributed by atoms with E-state index < -0.39 is 5.66 Å². The maximum atomic E-state index is 4.24. The van der Waals surface area contributed by atoms with E-state index in [1.54, 1.807) is 22.0 Å². The van der Waals surface area contributed by atoms with Crippen molar-refractivity contribution in [1.82, 2.24) is 29.5 Å². The molecule has 0 bridgehead atoms. The lowest BCUT2D eigenvalue weighted by Gasteiger charge is -2.32. The molecule has 0 unspecified atom stereocenters. The average molecular weight is 241 g/mol. The topological polar surface area (TPSA) is 61.4 Å². The van der Waals surface area contributed by atoms with Gasteiger partial charge in [-0.25, -0.2) is 19.3 Å². The molecule has 1 radical (unpaired) electrons. The second-order valence-corrected chi connectivity index (χ2v) is 4.13. The van der Waals surface area contributed by atoms with Crippen LogP contribution in [0.25, 0.3) is 0 Å². The zero-order valence-corrected chi connectivity index (χ0v) is 9.85. The molecule has 18 heavy (non-hydrogen) atoms. The summed E-state index contributed by atoms with van der Waals surface area (Å²) in [5, 5.41) is 8.48. The fraction of sp³-hybridized carbons (Fsp3) is 0.250. The normalized spacial score (nSPS) is 17.7. The molecule has 0 saturated heterocycles. The van der Waals surface area contributed by atoms with Crippen LogP contribution in [0.4, 0.5) is 0 Å². The fourth-order valence-electron chi connectivity index (χ4n) is 2.10. The van der Waals surface area contributed by atoms with Crippen molar-refractivity contribution in [3.05, 3.63) is 56.0 Å². The zero-order chi connectivity index (χ0) is 12.4. The summed E-state index contributed by atoms with van der Waals surface area (Å²) in [6.07, 6.45) is 14.2. The van der Waals surface area contributed by atoms with Crippen LogP contribution < -0.4 is 0 Å². The molecule has 0 atom stereocenters. The van der Waals surface area contributed by atoms with Gasteiger partial charge in [-0.2, -0.15) is 10.2 Å². The van der Waals surface area contributed by atoms with E-state index in [0.29, 0.717) is 0 Å². The van der Waals surface area contributed by atoms with Gasteiger partial charge in [-0.1, -0.05) is 17.7 Å². The fourth-order valence-corrected chi connectivity index (χ4v) is 2.10. The van der Waals surface area contributed by atoms with E-state index in [1.165, 1.54) is 18.2 Å². The quantitative estimate of drug-likeness (QED) is 0.809. The van der Waals surface area contributed by atoms with E-state index in [0.717, 1.165) is 12.8 Å². The highest BCUT2D eigenvalue weighted by Gasteiger charge is 2.34. The van der Waals surface area contributed by atoms with Gasteiger partial charge < -0.3 is 0 Å². The summed E-state index contributed by atoms with van der Waals surface area (Å²) in [6, 6.07) is 0. The van der Waals surface area contributed by atoms with Gasteiger partial charge in [0, 0.05) is 6.42 Å². The first-order valence-corrected chi connectivity index (χ1v) is 5.73. The van der Waals surface area contributed by atoms with Gasteiger partial charge in [0.15, 0.2) is 5.66 Å². The Hall–Kier alpha value is -2.24. The Morgan fingerprint density at radius 1 is 1.17 bits per heavy atom. The van der Waals surface area contributed by atoms with Gasteiger partial charge >= 0.3 is 0 Å². The molecule has 0 fully saturated rings. The zero-order valence-electron chi connectivity index (χ0n) is 9.85. The number of hydrogen-bond donors (Lipinski definition) is 0. The second-order valence-electron chi connectivity index (χ2n) is 4.13. The van der Waals surface area contributed by atoms with Gasteiger partial charge in [0.2, 0.25) is 0 Å². The highest BCUT2D eigenvalue weighted by atomic mass is 15.5. The third-order valence-electron chi connectivity index (χ3n) is 3.15.